The Kier molecular flexibility index (Phi) is 4.64. The largest absolute Gasteiger partial charge is 0.469 e. The third-order valence-corrected chi connectivity index (χ3v) is 4.11. The Balaban J connectivity index is 2.20. The molecule has 0 aromatic carbocycles. The maximum Gasteiger partial charge on any atom is 0.306 e. The van der Waals surface area contributed by atoms with E-state index in [1.807, 2.05) is 6.92 Å². The highest BCUT2D eigenvalue weighted by molar-refractivity contribution is 8.00. The van der Waals surface area contributed by atoms with E-state index in [2.05, 4.69) is 4.74 Å². The number of hydrogen-bond acceptors (Lipinski definition) is 4. The van der Waals surface area contributed by atoms with Gasteiger partial charge in [-0.1, -0.05) is 6.92 Å². The summed E-state index contributed by atoms with van der Waals surface area (Å²) in [5.74, 6) is 1.65. The van der Waals surface area contributed by atoms with Gasteiger partial charge >= 0.3 is 5.97 Å². The van der Waals surface area contributed by atoms with E-state index in [4.69, 9.17) is 0 Å². The van der Waals surface area contributed by atoms with Crippen LogP contribution in [0.1, 0.15) is 32.6 Å². The van der Waals surface area contributed by atoms with Crippen LogP contribution < -0.4 is 0 Å². The Labute approximate surface area is 94.9 Å². The molecule has 0 N–H and O–H groups in total. The van der Waals surface area contributed by atoms with Gasteiger partial charge in [-0.25, -0.2) is 0 Å². The van der Waals surface area contributed by atoms with Crippen LogP contribution in [0.25, 0.3) is 0 Å². The zero-order valence-corrected chi connectivity index (χ0v) is 10.2. The third-order valence-electron chi connectivity index (χ3n) is 2.77. The minimum Gasteiger partial charge on any atom is -0.469 e. The fraction of sp³-hybridized carbons (Fsp3) is 0.818. The van der Waals surface area contributed by atoms with Crippen LogP contribution in [0.3, 0.4) is 0 Å². The highest BCUT2D eigenvalue weighted by Gasteiger charge is 2.44. The average molecular weight is 230 g/mol. The molecule has 1 aliphatic carbocycles. The van der Waals surface area contributed by atoms with E-state index in [0.29, 0.717) is 18.6 Å². The van der Waals surface area contributed by atoms with Gasteiger partial charge in [0.15, 0.2) is 0 Å². The Morgan fingerprint density at radius 1 is 1.40 bits per heavy atom. The molecule has 0 heterocycles. The minimum absolute atomic E-state index is 0.130. The monoisotopic (exact) mass is 230 g/mol. The first kappa shape index (κ1) is 12.6. The fourth-order valence-corrected chi connectivity index (χ4v) is 2.77. The number of rotatable bonds is 7. The lowest BCUT2D eigenvalue weighted by Gasteiger charge is -2.12. The Bertz CT molecular complexity index is 246. The summed E-state index contributed by atoms with van der Waals surface area (Å²) in [6.45, 7) is 1.88. The SMILES string of the molecule is CCC(=O)CSCC1(CC(=O)OC)CC1. The molecular formula is C11H18O3S. The number of esters is 1. The molecule has 0 spiro atoms. The van der Waals surface area contributed by atoms with Gasteiger partial charge in [-0.3, -0.25) is 9.59 Å². The summed E-state index contributed by atoms with van der Waals surface area (Å²) in [4.78, 5) is 22.2. The van der Waals surface area contributed by atoms with Crippen molar-refractivity contribution in [3.63, 3.8) is 0 Å². The van der Waals surface area contributed by atoms with Gasteiger partial charge in [-0.15, -0.1) is 0 Å². The maximum absolute atomic E-state index is 11.1. The van der Waals surface area contributed by atoms with E-state index in [1.54, 1.807) is 11.8 Å². The van der Waals surface area contributed by atoms with Crippen molar-refractivity contribution >= 4 is 23.5 Å². The number of ketones is 1. The number of ether oxygens (including phenoxy) is 1. The van der Waals surface area contributed by atoms with Crippen molar-refractivity contribution in [2.24, 2.45) is 5.41 Å². The second-order valence-electron chi connectivity index (χ2n) is 4.14. The third kappa shape index (κ3) is 4.24. The number of Topliss-reactive ketones (excluding diaryl/α,β-unsaturated/α-hetero) is 1. The van der Waals surface area contributed by atoms with Crippen LogP contribution in [0.15, 0.2) is 0 Å². The molecule has 86 valence electrons. The summed E-state index contributed by atoms with van der Waals surface area (Å²) < 4.78 is 4.66. The second kappa shape index (κ2) is 5.54. The van der Waals surface area contributed by atoms with Gasteiger partial charge in [-0.05, 0) is 24.0 Å². The molecule has 1 saturated carbocycles. The summed E-state index contributed by atoms with van der Waals surface area (Å²) in [5.41, 5.74) is 0.145. The molecule has 1 fully saturated rings. The predicted molar refractivity (Wildman–Crippen MR) is 60.9 cm³/mol. The normalized spacial score (nSPS) is 17.2. The molecule has 1 aliphatic rings. The van der Waals surface area contributed by atoms with E-state index in [-0.39, 0.29) is 17.2 Å². The Morgan fingerprint density at radius 3 is 2.53 bits per heavy atom. The van der Waals surface area contributed by atoms with Crippen LogP contribution in [-0.4, -0.2) is 30.4 Å². The van der Waals surface area contributed by atoms with Crippen molar-refractivity contribution in [1.29, 1.82) is 0 Å². The van der Waals surface area contributed by atoms with Gasteiger partial charge in [0, 0.05) is 6.42 Å². The molecule has 3 nitrogen and oxygen atoms in total. The number of carbonyl (C=O) groups is 2. The molecule has 4 heteroatoms. The molecule has 0 aromatic rings. The average Bonchev–Trinajstić information content (AvgIpc) is 2.97. The molecule has 0 saturated heterocycles. The predicted octanol–water partition coefficient (Wildman–Crippen LogP) is 2.04. The van der Waals surface area contributed by atoms with Crippen LogP contribution >= 0.6 is 11.8 Å². The summed E-state index contributed by atoms with van der Waals surface area (Å²) in [6.07, 6.45) is 3.30. The molecule has 15 heavy (non-hydrogen) atoms. The zero-order chi connectivity index (χ0) is 11.3. The first-order valence-electron chi connectivity index (χ1n) is 5.28. The van der Waals surface area contributed by atoms with Crippen LogP contribution in [0.4, 0.5) is 0 Å². The molecule has 0 unspecified atom stereocenters. The fourth-order valence-electron chi connectivity index (χ4n) is 1.41. The summed E-state index contributed by atoms with van der Waals surface area (Å²) in [6, 6.07) is 0. The minimum atomic E-state index is -0.130. The number of hydrogen-bond donors (Lipinski definition) is 0. The van der Waals surface area contributed by atoms with Crippen molar-refractivity contribution in [3.05, 3.63) is 0 Å². The smallest absolute Gasteiger partial charge is 0.306 e. The lowest BCUT2D eigenvalue weighted by atomic mass is 10.1. The van der Waals surface area contributed by atoms with Crippen molar-refractivity contribution < 1.29 is 14.3 Å². The molecule has 0 bridgehead atoms. The lowest BCUT2D eigenvalue weighted by molar-refractivity contribution is -0.141. The van der Waals surface area contributed by atoms with E-state index >= 15 is 0 Å². The quantitative estimate of drug-likeness (QED) is 0.628. The number of methoxy groups -OCH3 is 1. The van der Waals surface area contributed by atoms with Crippen molar-refractivity contribution in [2.75, 3.05) is 18.6 Å². The second-order valence-corrected chi connectivity index (χ2v) is 5.12. The van der Waals surface area contributed by atoms with E-state index in [9.17, 15) is 9.59 Å². The van der Waals surface area contributed by atoms with E-state index < -0.39 is 0 Å². The van der Waals surface area contributed by atoms with Gasteiger partial charge in [0.25, 0.3) is 0 Å². The van der Waals surface area contributed by atoms with Gasteiger partial charge < -0.3 is 4.74 Å². The molecule has 0 radical (unpaired) electrons. The van der Waals surface area contributed by atoms with Crippen LogP contribution in [-0.2, 0) is 14.3 Å². The molecule has 0 amide bonds. The molecule has 0 aliphatic heterocycles. The molecule has 1 rings (SSSR count). The summed E-state index contributed by atoms with van der Waals surface area (Å²) in [5, 5.41) is 0. The molecule has 0 aromatic heterocycles. The number of thioether (sulfide) groups is 1. The summed E-state index contributed by atoms with van der Waals surface area (Å²) in [7, 11) is 1.42. The highest BCUT2D eigenvalue weighted by atomic mass is 32.2. The van der Waals surface area contributed by atoms with Crippen LogP contribution in [0.2, 0.25) is 0 Å². The topological polar surface area (TPSA) is 43.4 Å². The standard InChI is InChI=1S/C11H18O3S/c1-3-9(12)7-15-8-11(4-5-11)6-10(13)14-2/h3-8H2,1-2H3. The first-order chi connectivity index (χ1) is 7.12. The summed E-state index contributed by atoms with van der Waals surface area (Å²) >= 11 is 1.65. The van der Waals surface area contributed by atoms with E-state index in [1.165, 1.54) is 7.11 Å². The highest BCUT2D eigenvalue weighted by Crippen LogP contribution is 2.51. The van der Waals surface area contributed by atoms with Gasteiger partial charge in [-0.2, -0.15) is 11.8 Å². The number of carbonyl (C=O) groups excluding carboxylic acids is 2. The van der Waals surface area contributed by atoms with Gasteiger partial charge in [0.05, 0.1) is 19.3 Å². The Morgan fingerprint density at radius 2 is 2.07 bits per heavy atom. The Hall–Kier alpha value is -0.510. The van der Waals surface area contributed by atoms with Gasteiger partial charge in [0.2, 0.25) is 0 Å². The van der Waals surface area contributed by atoms with Crippen LogP contribution in [0.5, 0.6) is 0 Å². The van der Waals surface area contributed by atoms with Crippen LogP contribution in [0, 0.1) is 5.41 Å². The zero-order valence-electron chi connectivity index (χ0n) is 9.38. The molecular weight excluding hydrogens is 212 g/mol. The maximum atomic E-state index is 11.1. The lowest BCUT2D eigenvalue weighted by Crippen LogP contribution is -2.14. The van der Waals surface area contributed by atoms with Crippen molar-refractivity contribution in [1.82, 2.24) is 0 Å². The van der Waals surface area contributed by atoms with Gasteiger partial charge in [0.1, 0.15) is 5.78 Å². The van der Waals surface area contributed by atoms with Crippen molar-refractivity contribution in [2.45, 2.75) is 32.6 Å². The van der Waals surface area contributed by atoms with Crippen molar-refractivity contribution in [3.8, 4) is 0 Å². The molecule has 0 atom stereocenters. The first-order valence-corrected chi connectivity index (χ1v) is 6.43. The van der Waals surface area contributed by atoms with E-state index in [0.717, 1.165) is 18.6 Å².